The highest BCUT2D eigenvalue weighted by Gasteiger charge is 2.13. The Balaban J connectivity index is 2.41. The number of aromatic nitrogens is 1. The second-order valence-corrected chi connectivity index (χ2v) is 7.96. The summed E-state index contributed by atoms with van der Waals surface area (Å²) in [6.07, 6.45) is 1.67. The molecule has 138 valence electrons. The molecule has 0 saturated carbocycles. The molecule has 0 saturated heterocycles. The van der Waals surface area contributed by atoms with Crippen molar-refractivity contribution in [2.24, 2.45) is 0 Å². The van der Waals surface area contributed by atoms with Crippen LogP contribution in [-0.2, 0) is 0 Å². The molecule has 0 unspecified atom stereocenters. The van der Waals surface area contributed by atoms with Gasteiger partial charge < -0.3 is 0 Å². The topological polar surface area (TPSA) is 69.6 Å². The van der Waals surface area contributed by atoms with E-state index in [-0.39, 0.29) is 11.1 Å². The highest BCUT2D eigenvalue weighted by Crippen LogP contribution is 2.22. The first kappa shape index (κ1) is 19.9. The average molecular weight is 426 g/mol. The van der Waals surface area contributed by atoms with Gasteiger partial charge in [0, 0.05) is 0 Å². The van der Waals surface area contributed by atoms with Gasteiger partial charge in [-0.2, -0.15) is 10.5 Å². The minimum Gasteiger partial charge on any atom is -0.267 e. The molecule has 2 aromatic carbocycles. The molecule has 4 nitrogen and oxygen atoms in total. The normalized spacial score (nSPS) is 11.1. The van der Waals surface area contributed by atoms with E-state index in [9.17, 15) is 15.3 Å². The van der Waals surface area contributed by atoms with E-state index < -0.39 is 0 Å². The second-order valence-electron chi connectivity index (χ2n) is 6.12. The maximum absolute atomic E-state index is 13.2. The van der Waals surface area contributed by atoms with Gasteiger partial charge in [-0.1, -0.05) is 47.0 Å². The highest BCUT2D eigenvalue weighted by atomic mass is 35.5. The number of halogens is 2. The van der Waals surface area contributed by atoms with Crippen LogP contribution in [0.2, 0.25) is 10.0 Å². The number of rotatable bonds is 2. The predicted octanol–water partition coefficient (Wildman–Crippen LogP) is 3.85. The lowest BCUT2D eigenvalue weighted by Gasteiger charge is -2.07. The van der Waals surface area contributed by atoms with E-state index in [4.69, 9.17) is 23.2 Å². The molecule has 1 aromatic heterocycles. The van der Waals surface area contributed by atoms with E-state index in [0.717, 1.165) is 22.5 Å². The van der Waals surface area contributed by atoms with Crippen LogP contribution in [0.15, 0.2) is 41.2 Å². The summed E-state index contributed by atoms with van der Waals surface area (Å²) in [6, 6.07) is 14.5. The van der Waals surface area contributed by atoms with Crippen molar-refractivity contribution in [3.63, 3.8) is 0 Å². The Bertz CT molecular complexity index is 1340. The number of aryl methyl sites for hydroxylation is 2. The molecular formula is C21H13Cl2N3OS. The number of hydrogen-bond acceptors (Lipinski definition) is 4. The van der Waals surface area contributed by atoms with Crippen molar-refractivity contribution >= 4 is 46.2 Å². The maximum atomic E-state index is 13.2. The summed E-state index contributed by atoms with van der Waals surface area (Å²) in [5, 5.41) is 19.5. The van der Waals surface area contributed by atoms with Crippen LogP contribution in [0.4, 0.5) is 0 Å². The first-order chi connectivity index (χ1) is 13.3. The smallest absolute Gasteiger partial charge is 0.267 e. The summed E-state index contributed by atoms with van der Waals surface area (Å²) in [7, 11) is 0. The zero-order valence-electron chi connectivity index (χ0n) is 15.0. The van der Waals surface area contributed by atoms with E-state index in [1.54, 1.807) is 24.3 Å². The Morgan fingerprint density at radius 1 is 1.07 bits per heavy atom. The lowest BCUT2D eigenvalue weighted by Crippen LogP contribution is -2.31. The van der Waals surface area contributed by atoms with Gasteiger partial charge in [0.1, 0.15) is 16.8 Å². The van der Waals surface area contributed by atoms with Crippen molar-refractivity contribution in [2.75, 3.05) is 0 Å². The fourth-order valence-electron chi connectivity index (χ4n) is 2.80. The molecule has 0 radical (unpaired) electrons. The minimum absolute atomic E-state index is 0.115. The third kappa shape index (κ3) is 3.74. The van der Waals surface area contributed by atoms with E-state index in [1.165, 1.54) is 4.57 Å². The molecule has 0 N–H and O–H groups in total. The van der Waals surface area contributed by atoms with Gasteiger partial charge in [0.05, 0.1) is 20.3 Å². The van der Waals surface area contributed by atoms with E-state index in [2.05, 4.69) is 0 Å². The molecule has 0 aliphatic rings. The van der Waals surface area contributed by atoms with Crippen molar-refractivity contribution in [3.8, 4) is 17.8 Å². The lowest BCUT2D eigenvalue weighted by atomic mass is 10.1. The summed E-state index contributed by atoms with van der Waals surface area (Å²) in [5.41, 5.74) is 2.84. The number of thiazole rings is 1. The highest BCUT2D eigenvalue weighted by molar-refractivity contribution is 7.07. The molecule has 0 bridgehead atoms. The summed E-state index contributed by atoms with van der Waals surface area (Å²) >= 11 is 13.1. The number of hydrogen-bond donors (Lipinski definition) is 0. The van der Waals surface area contributed by atoms with Crippen molar-refractivity contribution < 1.29 is 0 Å². The molecule has 0 aliphatic carbocycles. The molecule has 0 spiro atoms. The van der Waals surface area contributed by atoms with Gasteiger partial charge in [-0.25, -0.2) is 0 Å². The Labute approximate surface area is 175 Å². The summed E-state index contributed by atoms with van der Waals surface area (Å²) in [4.78, 5) is 13.2. The lowest BCUT2D eigenvalue weighted by molar-refractivity contribution is 0.973. The van der Waals surface area contributed by atoms with Crippen LogP contribution in [0.3, 0.4) is 0 Å². The Morgan fingerprint density at radius 2 is 1.79 bits per heavy atom. The quantitative estimate of drug-likeness (QED) is 0.625. The van der Waals surface area contributed by atoms with Crippen LogP contribution in [0, 0.1) is 36.5 Å². The van der Waals surface area contributed by atoms with Crippen molar-refractivity contribution in [1.82, 2.24) is 4.57 Å². The molecule has 3 rings (SSSR count). The van der Waals surface area contributed by atoms with Crippen LogP contribution in [0.25, 0.3) is 17.3 Å². The molecular weight excluding hydrogens is 413 g/mol. The summed E-state index contributed by atoms with van der Waals surface area (Å²) in [6.45, 7) is 3.84. The molecule has 7 heteroatoms. The molecule has 0 fully saturated rings. The van der Waals surface area contributed by atoms with Gasteiger partial charge in [0.15, 0.2) is 5.57 Å². The van der Waals surface area contributed by atoms with E-state index in [0.29, 0.717) is 30.5 Å². The van der Waals surface area contributed by atoms with Gasteiger partial charge in [-0.05, 0) is 49.2 Å². The average Bonchev–Trinajstić information content (AvgIpc) is 2.96. The minimum atomic E-state index is -0.305. The Morgan fingerprint density at radius 3 is 2.39 bits per heavy atom. The van der Waals surface area contributed by atoms with Crippen molar-refractivity contribution in [3.05, 3.63) is 82.7 Å². The SMILES string of the molecule is Cc1ccc(-n2c(=C(C#N)C#N)s/c(=C\c3ccc(Cl)c(Cl)c3)c2=O)c(C)c1. The first-order valence-corrected chi connectivity index (χ1v) is 9.73. The van der Waals surface area contributed by atoms with Gasteiger partial charge in [0.25, 0.3) is 5.56 Å². The van der Waals surface area contributed by atoms with Crippen LogP contribution in [-0.4, -0.2) is 4.57 Å². The van der Waals surface area contributed by atoms with Crippen LogP contribution >= 0.6 is 34.5 Å². The Kier molecular flexibility index (Phi) is 5.72. The fraction of sp³-hybridized carbons (Fsp3) is 0.0952. The number of nitrogens with zero attached hydrogens (tertiary/aromatic N) is 3. The van der Waals surface area contributed by atoms with Crippen molar-refractivity contribution in [1.29, 1.82) is 10.5 Å². The number of benzene rings is 2. The zero-order chi connectivity index (χ0) is 20.4. The summed E-state index contributed by atoms with van der Waals surface area (Å²) in [5.74, 6) is 0. The van der Waals surface area contributed by atoms with Crippen molar-refractivity contribution in [2.45, 2.75) is 13.8 Å². The molecule has 3 aromatic rings. The molecule has 28 heavy (non-hydrogen) atoms. The van der Waals surface area contributed by atoms with Gasteiger partial charge in [-0.3, -0.25) is 9.36 Å². The predicted molar refractivity (Wildman–Crippen MR) is 113 cm³/mol. The summed E-state index contributed by atoms with van der Waals surface area (Å²) < 4.78 is 2.11. The van der Waals surface area contributed by atoms with Crippen LogP contribution < -0.4 is 14.8 Å². The van der Waals surface area contributed by atoms with Gasteiger partial charge >= 0.3 is 0 Å². The standard InChI is InChI=1S/C21H13Cl2N3OS/c1-12-3-6-18(13(2)7-12)26-20(27)19(28-21(26)15(10-24)11-25)9-14-4-5-16(22)17(23)8-14/h3-9H,1-2H3/b19-9-. The molecule has 0 aliphatic heterocycles. The Hall–Kier alpha value is -2.83. The van der Waals surface area contributed by atoms with Crippen LogP contribution in [0.5, 0.6) is 0 Å². The fourth-order valence-corrected chi connectivity index (χ4v) is 4.15. The van der Waals surface area contributed by atoms with Gasteiger partial charge in [-0.15, -0.1) is 11.3 Å². The third-order valence-corrected chi connectivity index (χ3v) is 5.93. The zero-order valence-corrected chi connectivity index (χ0v) is 17.3. The second kappa shape index (κ2) is 8.04. The van der Waals surface area contributed by atoms with Crippen LogP contribution in [0.1, 0.15) is 16.7 Å². The molecule has 0 atom stereocenters. The monoisotopic (exact) mass is 425 g/mol. The molecule has 0 amide bonds. The first-order valence-electron chi connectivity index (χ1n) is 8.16. The molecule has 1 heterocycles. The maximum Gasteiger partial charge on any atom is 0.273 e. The third-order valence-electron chi connectivity index (χ3n) is 4.10. The van der Waals surface area contributed by atoms with E-state index in [1.807, 2.05) is 44.2 Å². The van der Waals surface area contributed by atoms with Gasteiger partial charge in [0.2, 0.25) is 0 Å². The largest absolute Gasteiger partial charge is 0.273 e. The number of nitriles is 2. The van der Waals surface area contributed by atoms with E-state index >= 15 is 0 Å².